The standard InChI is InChI=1S/C32H38Cl3N3O4S/c1-38(43(40,41)31-27(34)20-26(33)21-28(31)35)18-19-42-30(32(36)39)25-14-12-24(13-15-25)29(23-10-6-3-7-11-23)37-17-16-22-8-4-2-5-9-22/h2-11,20-21,24-25,29-30,37H,12-19H2,1H3,(H2,36,39). The van der Waals surface area contributed by atoms with Gasteiger partial charge < -0.3 is 15.8 Å². The van der Waals surface area contributed by atoms with Gasteiger partial charge in [-0.05, 0) is 73.7 Å². The lowest BCUT2D eigenvalue weighted by Crippen LogP contribution is -2.42. The number of carbonyl (C=O) groups excluding carboxylic acids is 1. The molecule has 2 unspecified atom stereocenters. The first-order valence-electron chi connectivity index (χ1n) is 14.4. The van der Waals surface area contributed by atoms with Crippen LogP contribution in [-0.4, -0.2) is 51.5 Å². The Bertz CT molecular complexity index is 1430. The van der Waals surface area contributed by atoms with Gasteiger partial charge in [-0.25, -0.2) is 8.42 Å². The highest BCUT2D eigenvalue weighted by atomic mass is 35.5. The Balaban J connectivity index is 1.34. The molecule has 7 nitrogen and oxygen atoms in total. The number of nitrogens with one attached hydrogen (secondary N) is 1. The summed E-state index contributed by atoms with van der Waals surface area (Å²) in [6, 6.07) is 23.8. The summed E-state index contributed by atoms with van der Waals surface area (Å²) in [5.74, 6) is -0.192. The molecule has 11 heteroatoms. The summed E-state index contributed by atoms with van der Waals surface area (Å²) >= 11 is 18.2. The largest absolute Gasteiger partial charge is 0.367 e. The van der Waals surface area contributed by atoms with Crippen molar-refractivity contribution in [3.05, 3.63) is 99.0 Å². The maximum absolute atomic E-state index is 13.1. The molecule has 3 N–H and O–H groups in total. The Kier molecular flexibility index (Phi) is 12.3. The minimum absolute atomic E-state index is 0.0141. The van der Waals surface area contributed by atoms with Crippen LogP contribution in [0.5, 0.6) is 0 Å². The van der Waals surface area contributed by atoms with E-state index < -0.39 is 22.0 Å². The Labute approximate surface area is 269 Å². The zero-order chi connectivity index (χ0) is 31.0. The third-order valence-electron chi connectivity index (χ3n) is 8.11. The van der Waals surface area contributed by atoms with E-state index >= 15 is 0 Å². The maximum Gasteiger partial charge on any atom is 0.246 e. The lowest BCUT2D eigenvalue weighted by Gasteiger charge is -2.37. The summed E-state index contributed by atoms with van der Waals surface area (Å²) in [5.41, 5.74) is 8.32. The van der Waals surface area contributed by atoms with Crippen molar-refractivity contribution < 1.29 is 17.9 Å². The van der Waals surface area contributed by atoms with E-state index in [9.17, 15) is 13.2 Å². The van der Waals surface area contributed by atoms with Gasteiger partial charge in [0.05, 0.1) is 16.7 Å². The normalized spacial score (nSPS) is 18.8. The number of sulfonamides is 1. The lowest BCUT2D eigenvalue weighted by atomic mass is 9.74. The Morgan fingerprint density at radius 1 is 0.953 bits per heavy atom. The van der Waals surface area contributed by atoms with Crippen LogP contribution in [0.3, 0.4) is 0 Å². The van der Waals surface area contributed by atoms with Crippen molar-refractivity contribution in [1.82, 2.24) is 9.62 Å². The first kappa shape index (κ1) is 33.7. The molecule has 232 valence electrons. The van der Waals surface area contributed by atoms with Gasteiger partial charge >= 0.3 is 0 Å². The molecule has 1 aliphatic rings. The van der Waals surface area contributed by atoms with Crippen LogP contribution in [0, 0.1) is 11.8 Å². The van der Waals surface area contributed by atoms with Crippen molar-refractivity contribution in [2.75, 3.05) is 26.7 Å². The monoisotopic (exact) mass is 665 g/mol. The summed E-state index contributed by atoms with van der Waals surface area (Å²) in [5, 5.41) is 3.89. The molecule has 3 aromatic carbocycles. The van der Waals surface area contributed by atoms with Gasteiger partial charge in [0.15, 0.2) is 0 Å². The number of primary amides is 1. The average Bonchev–Trinajstić information content (AvgIpc) is 2.98. The highest BCUT2D eigenvalue weighted by molar-refractivity contribution is 7.89. The number of rotatable bonds is 14. The molecule has 0 heterocycles. The van der Waals surface area contributed by atoms with Crippen molar-refractivity contribution in [3.63, 3.8) is 0 Å². The summed E-state index contributed by atoms with van der Waals surface area (Å²) < 4.78 is 33.3. The molecule has 4 rings (SSSR count). The van der Waals surface area contributed by atoms with Crippen LogP contribution in [0.2, 0.25) is 15.1 Å². The van der Waals surface area contributed by atoms with Gasteiger partial charge in [-0.15, -0.1) is 0 Å². The number of hydrogen-bond donors (Lipinski definition) is 2. The second-order valence-electron chi connectivity index (χ2n) is 11.0. The minimum atomic E-state index is -4.02. The van der Waals surface area contributed by atoms with Crippen molar-refractivity contribution in [1.29, 1.82) is 0 Å². The number of hydrogen-bond acceptors (Lipinski definition) is 5. The summed E-state index contributed by atoms with van der Waals surface area (Å²) in [4.78, 5) is 12.2. The van der Waals surface area contributed by atoms with Gasteiger partial charge in [0, 0.05) is 24.7 Å². The number of carbonyl (C=O) groups is 1. The van der Waals surface area contributed by atoms with E-state index in [1.165, 1.54) is 30.3 Å². The second kappa shape index (κ2) is 15.7. The molecule has 2 atom stereocenters. The van der Waals surface area contributed by atoms with E-state index in [0.717, 1.165) is 43.0 Å². The minimum Gasteiger partial charge on any atom is -0.367 e. The molecule has 0 spiro atoms. The van der Waals surface area contributed by atoms with Crippen LogP contribution in [0.25, 0.3) is 0 Å². The molecule has 43 heavy (non-hydrogen) atoms. The first-order valence-corrected chi connectivity index (χ1v) is 17.0. The van der Waals surface area contributed by atoms with E-state index in [1.807, 2.05) is 12.1 Å². The van der Waals surface area contributed by atoms with Crippen molar-refractivity contribution in [2.45, 2.75) is 49.1 Å². The molecule has 1 saturated carbocycles. The van der Waals surface area contributed by atoms with Crippen molar-refractivity contribution in [2.24, 2.45) is 17.6 Å². The van der Waals surface area contributed by atoms with E-state index in [4.69, 9.17) is 45.3 Å². The van der Waals surface area contributed by atoms with E-state index in [-0.39, 0.29) is 45.1 Å². The number of likely N-dealkylation sites (N-methyl/N-ethyl adjacent to an activating group) is 1. The zero-order valence-electron chi connectivity index (χ0n) is 24.1. The fourth-order valence-corrected chi connectivity index (χ4v) is 8.46. The SMILES string of the molecule is CN(CCOC(C(N)=O)C1CCC(C(NCCc2ccccc2)c2ccccc2)CC1)S(=O)(=O)c1c(Cl)cc(Cl)cc1Cl. The molecule has 0 saturated heterocycles. The topological polar surface area (TPSA) is 102 Å². The van der Waals surface area contributed by atoms with E-state index in [0.29, 0.717) is 5.92 Å². The molecule has 0 bridgehead atoms. The summed E-state index contributed by atoms with van der Waals surface area (Å²) in [6.07, 6.45) is 3.53. The van der Waals surface area contributed by atoms with Crippen molar-refractivity contribution >= 4 is 50.7 Å². The number of amides is 1. The fraction of sp³-hybridized carbons (Fsp3) is 0.406. The van der Waals surface area contributed by atoms with Gasteiger partial charge in [-0.3, -0.25) is 4.79 Å². The van der Waals surface area contributed by atoms with Crippen LogP contribution >= 0.6 is 34.8 Å². The molecular formula is C32H38Cl3N3O4S. The van der Waals surface area contributed by atoms with Crippen LogP contribution in [0.4, 0.5) is 0 Å². The number of ether oxygens (including phenoxy) is 1. The van der Waals surface area contributed by atoms with Crippen LogP contribution < -0.4 is 11.1 Å². The number of nitrogens with two attached hydrogens (primary N) is 1. The fourth-order valence-electron chi connectivity index (χ4n) is 5.82. The molecule has 3 aromatic rings. The molecule has 1 amide bonds. The number of halogens is 3. The molecule has 1 fully saturated rings. The Morgan fingerprint density at radius 2 is 1.51 bits per heavy atom. The third-order valence-corrected chi connectivity index (χ3v) is 11.1. The molecule has 0 radical (unpaired) electrons. The van der Waals surface area contributed by atoms with Crippen LogP contribution in [-0.2, 0) is 26.0 Å². The van der Waals surface area contributed by atoms with Gasteiger partial charge in [-0.2, -0.15) is 4.31 Å². The second-order valence-corrected chi connectivity index (χ2v) is 14.2. The predicted octanol–water partition coefficient (Wildman–Crippen LogP) is 6.52. The number of benzene rings is 3. The summed E-state index contributed by atoms with van der Waals surface area (Å²) in [7, 11) is -2.62. The van der Waals surface area contributed by atoms with Gasteiger partial charge in [-0.1, -0.05) is 95.5 Å². The van der Waals surface area contributed by atoms with Gasteiger partial charge in [0.2, 0.25) is 15.9 Å². The molecule has 0 aliphatic heterocycles. The number of nitrogens with zero attached hydrogens (tertiary/aromatic N) is 1. The highest BCUT2D eigenvalue weighted by Gasteiger charge is 2.35. The van der Waals surface area contributed by atoms with Crippen LogP contribution in [0.15, 0.2) is 77.7 Å². The van der Waals surface area contributed by atoms with E-state index in [2.05, 4.69) is 53.8 Å². The van der Waals surface area contributed by atoms with E-state index in [1.54, 1.807) is 0 Å². The first-order chi connectivity index (χ1) is 20.6. The van der Waals surface area contributed by atoms with Crippen molar-refractivity contribution in [3.8, 4) is 0 Å². The Hall–Kier alpha value is -2.17. The average molecular weight is 667 g/mol. The third kappa shape index (κ3) is 8.94. The molecular weight excluding hydrogens is 629 g/mol. The van der Waals surface area contributed by atoms with Crippen LogP contribution in [0.1, 0.15) is 42.9 Å². The quantitative estimate of drug-likeness (QED) is 0.204. The lowest BCUT2D eigenvalue weighted by molar-refractivity contribution is -0.134. The highest BCUT2D eigenvalue weighted by Crippen LogP contribution is 2.39. The van der Waals surface area contributed by atoms with Gasteiger partial charge in [0.25, 0.3) is 0 Å². The smallest absolute Gasteiger partial charge is 0.246 e. The summed E-state index contributed by atoms with van der Waals surface area (Å²) in [6.45, 7) is 0.831. The Morgan fingerprint density at radius 3 is 2.09 bits per heavy atom. The zero-order valence-corrected chi connectivity index (χ0v) is 27.2. The molecule has 1 aliphatic carbocycles. The molecule has 0 aromatic heterocycles. The maximum atomic E-state index is 13.1. The van der Waals surface area contributed by atoms with Gasteiger partial charge in [0.1, 0.15) is 11.0 Å². The predicted molar refractivity (Wildman–Crippen MR) is 173 cm³/mol.